The normalized spacial score (nSPS) is 24.4. The molecule has 3 rings (SSSR count). The number of rotatable bonds is 4. The fraction of sp³-hybridized carbons (Fsp3) is 0.667. The highest BCUT2D eigenvalue weighted by atomic mass is 16.2. The van der Waals surface area contributed by atoms with Gasteiger partial charge in [-0.15, -0.1) is 0 Å². The number of carbonyl (C=O) groups excluding carboxylic acids is 1. The second-order valence-electron chi connectivity index (χ2n) is 8.14. The SMILES string of the molecule is CC1CCN(C(C)CNC(=O)N2CCN(C)CC2c2ccccc2)CC1. The molecule has 2 aliphatic heterocycles. The Labute approximate surface area is 158 Å². The number of hydrogen-bond donors (Lipinski definition) is 1. The van der Waals surface area contributed by atoms with Crippen LogP contribution in [0.15, 0.2) is 30.3 Å². The minimum absolute atomic E-state index is 0.0733. The van der Waals surface area contributed by atoms with Crippen LogP contribution < -0.4 is 5.32 Å². The molecule has 0 saturated carbocycles. The Kier molecular flexibility index (Phi) is 6.54. The second-order valence-corrected chi connectivity index (χ2v) is 8.14. The van der Waals surface area contributed by atoms with Crippen LogP contribution in [0.4, 0.5) is 4.79 Å². The lowest BCUT2D eigenvalue weighted by atomic mass is 9.98. The highest BCUT2D eigenvalue weighted by molar-refractivity contribution is 5.75. The number of urea groups is 1. The Bertz CT molecular complexity index is 571. The van der Waals surface area contributed by atoms with Crippen LogP contribution in [0.25, 0.3) is 0 Å². The van der Waals surface area contributed by atoms with E-state index in [0.717, 1.165) is 45.2 Å². The molecule has 1 aromatic rings. The number of benzene rings is 1. The molecule has 2 amide bonds. The largest absolute Gasteiger partial charge is 0.336 e. The predicted molar refractivity (Wildman–Crippen MR) is 106 cm³/mol. The summed E-state index contributed by atoms with van der Waals surface area (Å²) < 4.78 is 0. The van der Waals surface area contributed by atoms with Gasteiger partial charge in [-0.25, -0.2) is 4.79 Å². The fourth-order valence-electron chi connectivity index (χ4n) is 4.06. The summed E-state index contributed by atoms with van der Waals surface area (Å²) in [6, 6.07) is 11.0. The molecule has 5 heteroatoms. The molecular weight excluding hydrogens is 324 g/mol. The van der Waals surface area contributed by atoms with Crippen LogP contribution >= 0.6 is 0 Å². The lowest BCUT2D eigenvalue weighted by Crippen LogP contribution is -2.54. The van der Waals surface area contributed by atoms with E-state index in [0.29, 0.717) is 6.04 Å². The van der Waals surface area contributed by atoms with Crippen molar-refractivity contribution < 1.29 is 4.79 Å². The van der Waals surface area contributed by atoms with Gasteiger partial charge < -0.3 is 15.1 Å². The molecule has 2 heterocycles. The number of amides is 2. The molecule has 1 aromatic carbocycles. The van der Waals surface area contributed by atoms with E-state index in [4.69, 9.17) is 0 Å². The smallest absolute Gasteiger partial charge is 0.318 e. The predicted octanol–water partition coefficient (Wildman–Crippen LogP) is 2.81. The molecule has 2 saturated heterocycles. The van der Waals surface area contributed by atoms with Crippen LogP contribution in [0, 0.1) is 5.92 Å². The molecule has 2 fully saturated rings. The lowest BCUT2D eigenvalue weighted by molar-refractivity contribution is 0.104. The molecule has 0 aliphatic carbocycles. The maximum atomic E-state index is 12.9. The highest BCUT2D eigenvalue weighted by Gasteiger charge is 2.30. The van der Waals surface area contributed by atoms with Crippen molar-refractivity contribution in [1.82, 2.24) is 20.0 Å². The number of carbonyl (C=O) groups is 1. The summed E-state index contributed by atoms with van der Waals surface area (Å²) in [6.45, 7) is 10.2. The Morgan fingerprint density at radius 2 is 1.85 bits per heavy atom. The monoisotopic (exact) mass is 358 g/mol. The first-order chi connectivity index (χ1) is 12.5. The molecule has 2 unspecified atom stereocenters. The maximum absolute atomic E-state index is 12.9. The lowest BCUT2D eigenvalue weighted by Gasteiger charge is -2.41. The van der Waals surface area contributed by atoms with E-state index in [1.165, 1.54) is 18.4 Å². The van der Waals surface area contributed by atoms with E-state index < -0.39 is 0 Å². The van der Waals surface area contributed by atoms with Crippen molar-refractivity contribution in [2.45, 2.75) is 38.8 Å². The Hall–Kier alpha value is -1.59. The molecule has 0 spiro atoms. The van der Waals surface area contributed by atoms with E-state index >= 15 is 0 Å². The van der Waals surface area contributed by atoms with Crippen molar-refractivity contribution in [3.8, 4) is 0 Å². The number of nitrogens with one attached hydrogen (secondary N) is 1. The van der Waals surface area contributed by atoms with Crippen LogP contribution in [0.1, 0.15) is 38.3 Å². The average Bonchev–Trinajstić information content (AvgIpc) is 2.67. The third-order valence-electron chi connectivity index (χ3n) is 6.02. The van der Waals surface area contributed by atoms with Crippen LogP contribution in [0.3, 0.4) is 0 Å². The third kappa shape index (κ3) is 4.77. The first-order valence-corrected chi connectivity index (χ1v) is 10.1. The zero-order valence-electron chi connectivity index (χ0n) is 16.5. The van der Waals surface area contributed by atoms with Gasteiger partial charge in [0, 0.05) is 32.2 Å². The molecule has 0 radical (unpaired) electrons. The average molecular weight is 359 g/mol. The van der Waals surface area contributed by atoms with Gasteiger partial charge in [0.1, 0.15) is 0 Å². The van der Waals surface area contributed by atoms with Crippen LogP contribution in [0.5, 0.6) is 0 Å². The zero-order valence-corrected chi connectivity index (χ0v) is 16.5. The van der Waals surface area contributed by atoms with Gasteiger partial charge in [-0.3, -0.25) is 4.90 Å². The van der Waals surface area contributed by atoms with Crippen molar-refractivity contribution in [2.75, 3.05) is 46.3 Å². The number of likely N-dealkylation sites (N-methyl/N-ethyl adjacent to an activating group) is 1. The summed E-state index contributed by atoms with van der Waals surface area (Å²) in [6.07, 6.45) is 2.54. The number of piperazine rings is 1. The third-order valence-corrected chi connectivity index (χ3v) is 6.02. The Morgan fingerprint density at radius 3 is 2.54 bits per heavy atom. The minimum atomic E-state index is 0.0733. The zero-order chi connectivity index (χ0) is 18.5. The summed E-state index contributed by atoms with van der Waals surface area (Å²) in [5.41, 5.74) is 1.22. The molecule has 5 nitrogen and oxygen atoms in total. The molecule has 2 atom stereocenters. The van der Waals surface area contributed by atoms with Gasteiger partial charge >= 0.3 is 6.03 Å². The Morgan fingerprint density at radius 1 is 1.15 bits per heavy atom. The number of likely N-dealkylation sites (tertiary alicyclic amines) is 1. The summed E-state index contributed by atoms with van der Waals surface area (Å²) in [5.74, 6) is 0.838. The summed E-state index contributed by atoms with van der Waals surface area (Å²) in [5, 5.41) is 3.20. The van der Waals surface area contributed by atoms with Gasteiger partial charge in [0.2, 0.25) is 0 Å². The molecule has 26 heavy (non-hydrogen) atoms. The molecular formula is C21H34N4O. The van der Waals surface area contributed by atoms with E-state index in [2.05, 4.69) is 60.3 Å². The minimum Gasteiger partial charge on any atom is -0.336 e. The molecule has 0 bridgehead atoms. The van der Waals surface area contributed by atoms with Crippen LogP contribution in [0.2, 0.25) is 0 Å². The van der Waals surface area contributed by atoms with E-state index in [9.17, 15) is 4.79 Å². The highest BCUT2D eigenvalue weighted by Crippen LogP contribution is 2.25. The first-order valence-electron chi connectivity index (χ1n) is 10.1. The quantitative estimate of drug-likeness (QED) is 0.899. The number of hydrogen-bond acceptors (Lipinski definition) is 3. The van der Waals surface area contributed by atoms with Crippen LogP contribution in [-0.2, 0) is 0 Å². The van der Waals surface area contributed by atoms with Gasteiger partial charge in [0.25, 0.3) is 0 Å². The van der Waals surface area contributed by atoms with Gasteiger partial charge in [0.15, 0.2) is 0 Å². The van der Waals surface area contributed by atoms with E-state index in [1.807, 2.05) is 11.0 Å². The fourth-order valence-corrected chi connectivity index (χ4v) is 4.06. The van der Waals surface area contributed by atoms with Gasteiger partial charge in [-0.2, -0.15) is 0 Å². The molecule has 2 aliphatic rings. The van der Waals surface area contributed by atoms with Crippen molar-refractivity contribution in [2.24, 2.45) is 5.92 Å². The van der Waals surface area contributed by atoms with E-state index in [1.54, 1.807) is 0 Å². The summed E-state index contributed by atoms with van der Waals surface area (Å²) >= 11 is 0. The summed E-state index contributed by atoms with van der Waals surface area (Å²) in [4.78, 5) is 19.7. The number of nitrogens with zero attached hydrogens (tertiary/aromatic N) is 3. The van der Waals surface area contributed by atoms with E-state index in [-0.39, 0.29) is 12.1 Å². The van der Waals surface area contributed by atoms with Gasteiger partial charge in [0.05, 0.1) is 6.04 Å². The second kappa shape index (κ2) is 8.87. The Balaban J connectivity index is 1.57. The maximum Gasteiger partial charge on any atom is 0.318 e. The van der Waals surface area contributed by atoms with Crippen molar-refractivity contribution >= 4 is 6.03 Å². The van der Waals surface area contributed by atoms with Crippen LogP contribution in [-0.4, -0.2) is 73.1 Å². The van der Waals surface area contributed by atoms with Crippen molar-refractivity contribution in [3.05, 3.63) is 35.9 Å². The molecule has 144 valence electrons. The standard InChI is InChI=1S/C21H34N4O/c1-17-9-11-24(12-10-17)18(2)15-22-21(26)25-14-13-23(3)16-20(25)19-7-5-4-6-8-19/h4-8,17-18,20H,9-16H2,1-3H3,(H,22,26). The van der Waals surface area contributed by atoms with Crippen molar-refractivity contribution in [1.29, 1.82) is 0 Å². The number of piperidine rings is 1. The van der Waals surface area contributed by atoms with Crippen molar-refractivity contribution in [3.63, 3.8) is 0 Å². The summed E-state index contributed by atoms with van der Waals surface area (Å²) in [7, 11) is 2.13. The molecule has 0 aromatic heterocycles. The van der Waals surface area contributed by atoms with Gasteiger partial charge in [-0.1, -0.05) is 37.3 Å². The van der Waals surface area contributed by atoms with Gasteiger partial charge in [-0.05, 0) is 51.4 Å². The topological polar surface area (TPSA) is 38.8 Å². The molecule has 1 N–H and O–H groups in total. The first kappa shape index (κ1) is 19.2.